The highest BCUT2D eigenvalue weighted by molar-refractivity contribution is 6.01. The SMILES string of the molecule is COc1cc(CC(=O)N2CCC(CNC(=O)N3CCC(C(=O)O)CC3)C2)ccc1NC(=O)Nc1ccccc1C. The molecule has 1 atom stereocenters. The second-order valence-electron chi connectivity index (χ2n) is 10.4. The number of nitrogens with one attached hydrogen (secondary N) is 3. The number of urea groups is 2. The van der Waals surface area contributed by atoms with Crippen molar-refractivity contribution in [2.45, 2.75) is 32.6 Å². The Kier molecular flexibility index (Phi) is 9.47. The molecule has 0 spiro atoms. The first kappa shape index (κ1) is 28.7. The number of carboxylic acid groups (broad SMARTS) is 1. The smallest absolute Gasteiger partial charge is 0.323 e. The summed E-state index contributed by atoms with van der Waals surface area (Å²) in [6, 6.07) is 12.2. The van der Waals surface area contributed by atoms with Crippen LogP contribution in [0.3, 0.4) is 0 Å². The number of nitrogens with zero attached hydrogens (tertiary/aromatic N) is 2. The molecule has 2 aliphatic heterocycles. The van der Waals surface area contributed by atoms with Crippen molar-refractivity contribution in [2.75, 3.05) is 50.5 Å². The molecule has 40 heavy (non-hydrogen) atoms. The number of piperidine rings is 1. The molecule has 0 aliphatic carbocycles. The van der Waals surface area contributed by atoms with Gasteiger partial charge in [0, 0.05) is 38.4 Å². The van der Waals surface area contributed by atoms with E-state index >= 15 is 0 Å². The first-order valence-corrected chi connectivity index (χ1v) is 13.6. The van der Waals surface area contributed by atoms with E-state index in [4.69, 9.17) is 9.84 Å². The van der Waals surface area contributed by atoms with E-state index in [0.29, 0.717) is 62.7 Å². The highest BCUT2D eigenvalue weighted by atomic mass is 16.5. The molecule has 11 heteroatoms. The van der Waals surface area contributed by atoms with Gasteiger partial charge in [-0.1, -0.05) is 24.3 Å². The Balaban J connectivity index is 1.23. The summed E-state index contributed by atoms with van der Waals surface area (Å²) in [5.74, 6) is -0.570. The second-order valence-corrected chi connectivity index (χ2v) is 10.4. The number of carboxylic acids is 1. The molecule has 5 amide bonds. The molecule has 1 unspecified atom stereocenters. The lowest BCUT2D eigenvalue weighted by Gasteiger charge is -2.30. The average molecular weight is 552 g/mol. The van der Waals surface area contributed by atoms with Crippen molar-refractivity contribution in [3.8, 4) is 5.75 Å². The fraction of sp³-hybridized carbons (Fsp3) is 0.448. The van der Waals surface area contributed by atoms with Crippen molar-refractivity contribution in [3.05, 3.63) is 53.6 Å². The molecule has 2 saturated heterocycles. The van der Waals surface area contributed by atoms with Crippen molar-refractivity contribution in [1.29, 1.82) is 0 Å². The van der Waals surface area contributed by atoms with E-state index in [2.05, 4.69) is 16.0 Å². The fourth-order valence-electron chi connectivity index (χ4n) is 5.12. The minimum absolute atomic E-state index is 0.00960. The lowest BCUT2D eigenvalue weighted by Crippen LogP contribution is -2.46. The van der Waals surface area contributed by atoms with Gasteiger partial charge in [-0.2, -0.15) is 0 Å². The Labute approximate surface area is 233 Å². The number of aliphatic carboxylic acids is 1. The van der Waals surface area contributed by atoms with Crippen LogP contribution in [0.25, 0.3) is 0 Å². The van der Waals surface area contributed by atoms with Gasteiger partial charge in [-0.3, -0.25) is 9.59 Å². The predicted molar refractivity (Wildman–Crippen MR) is 151 cm³/mol. The minimum atomic E-state index is -0.803. The number of ether oxygens (including phenoxy) is 1. The van der Waals surface area contributed by atoms with Crippen LogP contribution in [-0.2, 0) is 16.0 Å². The standard InChI is InChI=1S/C29H37N5O6/c1-19-5-3-4-6-23(19)31-28(38)32-24-8-7-20(15-25(24)40-2)16-26(35)34-12-9-21(18-34)17-30-29(39)33-13-10-22(11-14-33)27(36)37/h3-8,15,21-22H,9-14,16-18H2,1-2H3,(H,30,39)(H,36,37)(H2,31,32,38). The number of amides is 5. The average Bonchev–Trinajstić information content (AvgIpc) is 3.43. The number of benzene rings is 2. The summed E-state index contributed by atoms with van der Waals surface area (Å²) >= 11 is 0. The molecule has 11 nitrogen and oxygen atoms in total. The maximum atomic E-state index is 13.0. The molecule has 4 rings (SSSR count). The van der Waals surface area contributed by atoms with Gasteiger partial charge < -0.3 is 35.6 Å². The van der Waals surface area contributed by atoms with Gasteiger partial charge in [0.25, 0.3) is 0 Å². The van der Waals surface area contributed by atoms with Gasteiger partial charge >= 0.3 is 18.0 Å². The highest BCUT2D eigenvalue weighted by Crippen LogP contribution is 2.27. The van der Waals surface area contributed by atoms with Gasteiger partial charge in [-0.05, 0) is 61.4 Å². The van der Waals surface area contributed by atoms with Crippen LogP contribution in [0.2, 0.25) is 0 Å². The van der Waals surface area contributed by atoms with Gasteiger partial charge in [-0.25, -0.2) is 9.59 Å². The summed E-state index contributed by atoms with van der Waals surface area (Å²) in [5.41, 5.74) is 2.93. The van der Waals surface area contributed by atoms with Crippen LogP contribution < -0.4 is 20.7 Å². The van der Waals surface area contributed by atoms with Gasteiger partial charge in [-0.15, -0.1) is 0 Å². The molecule has 2 aliphatic rings. The third kappa shape index (κ3) is 7.43. The monoisotopic (exact) mass is 551 g/mol. The van der Waals surface area contributed by atoms with E-state index in [1.54, 1.807) is 23.1 Å². The zero-order valence-electron chi connectivity index (χ0n) is 22.9. The van der Waals surface area contributed by atoms with Crippen LogP contribution in [0, 0.1) is 18.8 Å². The molecule has 2 aromatic rings. The quantitative estimate of drug-likeness (QED) is 0.396. The summed E-state index contributed by atoms with van der Waals surface area (Å²) in [6.45, 7) is 4.45. The van der Waals surface area contributed by atoms with E-state index in [0.717, 1.165) is 17.5 Å². The van der Waals surface area contributed by atoms with E-state index in [9.17, 15) is 19.2 Å². The molecule has 0 bridgehead atoms. The Morgan fingerprint density at radius 2 is 1.65 bits per heavy atom. The van der Waals surface area contributed by atoms with Crippen molar-refractivity contribution in [1.82, 2.24) is 15.1 Å². The lowest BCUT2D eigenvalue weighted by molar-refractivity contribution is -0.143. The molecule has 214 valence electrons. The number of para-hydroxylation sites is 1. The Bertz CT molecular complexity index is 1240. The molecular weight excluding hydrogens is 514 g/mol. The number of methoxy groups -OCH3 is 1. The van der Waals surface area contributed by atoms with Crippen molar-refractivity contribution in [3.63, 3.8) is 0 Å². The number of hydrogen-bond donors (Lipinski definition) is 4. The number of hydrogen-bond acceptors (Lipinski definition) is 5. The maximum Gasteiger partial charge on any atom is 0.323 e. The van der Waals surface area contributed by atoms with Crippen LogP contribution in [0.4, 0.5) is 21.0 Å². The minimum Gasteiger partial charge on any atom is -0.495 e. The van der Waals surface area contributed by atoms with Gasteiger partial charge in [0.1, 0.15) is 5.75 Å². The lowest BCUT2D eigenvalue weighted by atomic mass is 9.97. The predicted octanol–water partition coefficient (Wildman–Crippen LogP) is 3.54. The van der Waals surface area contributed by atoms with E-state index in [1.165, 1.54) is 7.11 Å². The third-order valence-electron chi connectivity index (χ3n) is 7.57. The van der Waals surface area contributed by atoms with Crippen LogP contribution in [0.5, 0.6) is 5.75 Å². The Hall–Kier alpha value is -4.28. The molecular formula is C29H37N5O6. The van der Waals surface area contributed by atoms with Crippen molar-refractivity contribution >= 4 is 35.3 Å². The normalized spacial score (nSPS) is 17.3. The number of anilines is 2. The maximum absolute atomic E-state index is 13.0. The van der Waals surface area contributed by atoms with Crippen LogP contribution in [0.1, 0.15) is 30.4 Å². The zero-order chi connectivity index (χ0) is 28.6. The molecule has 2 heterocycles. The van der Waals surface area contributed by atoms with Crippen LogP contribution in [0.15, 0.2) is 42.5 Å². The number of likely N-dealkylation sites (tertiary alicyclic amines) is 2. The summed E-state index contributed by atoms with van der Waals surface area (Å²) in [4.78, 5) is 52.6. The molecule has 0 saturated carbocycles. The highest BCUT2D eigenvalue weighted by Gasteiger charge is 2.29. The van der Waals surface area contributed by atoms with E-state index in [1.807, 2.05) is 36.1 Å². The third-order valence-corrected chi connectivity index (χ3v) is 7.57. The second kappa shape index (κ2) is 13.2. The van der Waals surface area contributed by atoms with Gasteiger partial charge in [0.2, 0.25) is 5.91 Å². The first-order chi connectivity index (χ1) is 19.2. The Morgan fingerprint density at radius 1 is 0.950 bits per heavy atom. The molecule has 0 radical (unpaired) electrons. The summed E-state index contributed by atoms with van der Waals surface area (Å²) in [7, 11) is 1.51. The van der Waals surface area contributed by atoms with Crippen molar-refractivity contribution < 1.29 is 29.0 Å². The number of aryl methyl sites for hydroxylation is 1. The molecule has 0 aromatic heterocycles. The van der Waals surface area contributed by atoms with E-state index in [-0.39, 0.29) is 30.2 Å². The summed E-state index contributed by atoms with van der Waals surface area (Å²) in [6.07, 6.45) is 1.94. The largest absolute Gasteiger partial charge is 0.495 e. The molecule has 2 fully saturated rings. The fourth-order valence-corrected chi connectivity index (χ4v) is 5.12. The molecule has 2 aromatic carbocycles. The van der Waals surface area contributed by atoms with Crippen LogP contribution in [-0.4, -0.2) is 78.7 Å². The molecule has 4 N–H and O–H groups in total. The topological polar surface area (TPSA) is 140 Å². The zero-order valence-corrected chi connectivity index (χ0v) is 22.9. The first-order valence-electron chi connectivity index (χ1n) is 13.6. The summed E-state index contributed by atoms with van der Waals surface area (Å²) < 4.78 is 5.47. The Morgan fingerprint density at radius 3 is 2.35 bits per heavy atom. The summed E-state index contributed by atoms with van der Waals surface area (Å²) in [5, 5.41) is 17.7. The number of carbonyl (C=O) groups is 4. The number of carbonyl (C=O) groups excluding carboxylic acids is 3. The van der Waals surface area contributed by atoms with E-state index < -0.39 is 12.0 Å². The number of rotatable bonds is 8. The van der Waals surface area contributed by atoms with Crippen LogP contribution >= 0.6 is 0 Å². The van der Waals surface area contributed by atoms with Gasteiger partial charge in [0.05, 0.1) is 25.1 Å². The van der Waals surface area contributed by atoms with Gasteiger partial charge in [0.15, 0.2) is 0 Å². The van der Waals surface area contributed by atoms with Crippen molar-refractivity contribution in [2.24, 2.45) is 11.8 Å².